The number of aromatic nitrogens is 2. The number of aryl methyl sites for hydroxylation is 2. The van der Waals surface area contributed by atoms with Crippen molar-refractivity contribution in [3.05, 3.63) is 44.3 Å². The zero-order valence-electron chi connectivity index (χ0n) is 18.3. The summed E-state index contributed by atoms with van der Waals surface area (Å²) < 4.78 is 22.3. The molecule has 1 aromatic carbocycles. The molecule has 0 unspecified atom stereocenters. The summed E-state index contributed by atoms with van der Waals surface area (Å²) in [5.41, 5.74) is 0.927. The van der Waals surface area contributed by atoms with Crippen LogP contribution in [0.5, 0.6) is 17.2 Å². The van der Waals surface area contributed by atoms with Crippen LogP contribution in [0.3, 0.4) is 0 Å². The number of aromatic amines is 1. The van der Waals surface area contributed by atoms with E-state index in [1.54, 1.807) is 12.1 Å². The van der Waals surface area contributed by atoms with Crippen molar-refractivity contribution in [3.8, 4) is 17.2 Å². The summed E-state index contributed by atoms with van der Waals surface area (Å²) in [7, 11) is 0. The zero-order chi connectivity index (χ0) is 22.5. The van der Waals surface area contributed by atoms with Gasteiger partial charge < -0.3 is 23.9 Å². The maximum atomic E-state index is 12.7. The van der Waals surface area contributed by atoms with E-state index < -0.39 is 5.97 Å². The lowest BCUT2D eigenvalue weighted by Crippen LogP contribution is -2.14. The predicted molar refractivity (Wildman–Crippen MR) is 119 cm³/mol. The second-order valence-electron chi connectivity index (χ2n) is 6.65. The number of hydrogen-bond donors (Lipinski definition) is 1. The molecule has 1 N–H and O–H groups in total. The molecule has 9 heteroatoms. The third-order valence-corrected chi connectivity index (χ3v) is 5.67. The molecule has 0 saturated heterocycles. The minimum absolute atomic E-state index is 0.166. The molecular formula is C22H26N2O6S. The number of hydrogen-bond acceptors (Lipinski definition) is 8. The fraction of sp³-hybridized carbons (Fsp3) is 0.409. The fourth-order valence-corrected chi connectivity index (χ4v) is 4.14. The summed E-state index contributed by atoms with van der Waals surface area (Å²) in [4.78, 5) is 33.9. The van der Waals surface area contributed by atoms with Gasteiger partial charge in [-0.15, -0.1) is 11.3 Å². The van der Waals surface area contributed by atoms with Gasteiger partial charge in [-0.05, 0) is 52.3 Å². The number of carbonyl (C=O) groups is 1. The van der Waals surface area contributed by atoms with Gasteiger partial charge in [0.25, 0.3) is 5.56 Å². The van der Waals surface area contributed by atoms with Crippen LogP contribution in [0, 0.1) is 13.8 Å². The second-order valence-corrected chi connectivity index (χ2v) is 7.86. The van der Waals surface area contributed by atoms with Gasteiger partial charge in [-0.25, -0.2) is 9.78 Å². The second kappa shape index (κ2) is 9.82. The Morgan fingerprint density at radius 3 is 2.23 bits per heavy atom. The van der Waals surface area contributed by atoms with Gasteiger partial charge in [0.15, 0.2) is 11.5 Å². The Morgan fingerprint density at radius 1 is 1.03 bits per heavy atom. The number of esters is 1. The fourth-order valence-electron chi connectivity index (χ4n) is 3.09. The van der Waals surface area contributed by atoms with Gasteiger partial charge in [0.05, 0.1) is 30.8 Å². The molecule has 0 saturated carbocycles. The van der Waals surface area contributed by atoms with Crippen molar-refractivity contribution in [1.29, 1.82) is 0 Å². The van der Waals surface area contributed by atoms with Gasteiger partial charge >= 0.3 is 5.97 Å². The summed E-state index contributed by atoms with van der Waals surface area (Å²) in [6.07, 6.45) is 0. The lowest BCUT2D eigenvalue weighted by atomic mass is 10.2. The molecule has 0 amide bonds. The van der Waals surface area contributed by atoms with E-state index in [0.717, 1.165) is 10.4 Å². The lowest BCUT2D eigenvalue weighted by Gasteiger charge is -2.16. The number of carbonyl (C=O) groups excluding carboxylic acids is 1. The van der Waals surface area contributed by atoms with E-state index in [-0.39, 0.29) is 23.6 Å². The Bertz CT molecular complexity index is 1120. The number of benzene rings is 1. The highest BCUT2D eigenvalue weighted by molar-refractivity contribution is 7.18. The minimum atomic E-state index is -0.591. The summed E-state index contributed by atoms with van der Waals surface area (Å²) in [6, 6.07) is 3.12. The Morgan fingerprint density at radius 2 is 1.65 bits per heavy atom. The molecular weight excluding hydrogens is 420 g/mol. The molecule has 3 rings (SSSR count). The first-order valence-corrected chi connectivity index (χ1v) is 10.9. The van der Waals surface area contributed by atoms with E-state index in [1.165, 1.54) is 11.3 Å². The minimum Gasteiger partial charge on any atom is -0.490 e. The standard InChI is InChI=1S/C22H26N2O6S/c1-6-27-15-9-14(10-16(28-7-2)19(15)29-8-3)22(26)30-11-17-23-20(25)18-12(4)13(5)31-21(18)24-17/h9-10H,6-8,11H2,1-5H3,(H,23,24,25). The molecule has 2 aromatic heterocycles. The van der Waals surface area contributed by atoms with Gasteiger partial charge in [0.1, 0.15) is 17.3 Å². The van der Waals surface area contributed by atoms with Crippen LogP contribution in [-0.4, -0.2) is 35.8 Å². The summed E-state index contributed by atoms with van der Waals surface area (Å²) in [5.74, 6) is 0.946. The van der Waals surface area contributed by atoms with Crippen molar-refractivity contribution in [1.82, 2.24) is 9.97 Å². The maximum absolute atomic E-state index is 12.7. The molecule has 0 bridgehead atoms. The highest BCUT2D eigenvalue weighted by atomic mass is 32.1. The molecule has 0 radical (unpaired) electrons. The van der Waals surface area contributed by atoms with Crippen LogP contribution < -0.4 is 19.8 Å². The van der Waals surface area contributed by atoms with Gasteiger partial charge in [0.2, 0.25) is 5.75 Å². The van der Waals surface area contributed by atoms with E-state index >= 15 is 0 Å². The molecule has 3 aromatic rings. The van der Waals surface area contributed by atoms with Crippen LogP contribution in [-0.2, 0) is 11.3 Å². The topological polar surface area (TPSA) is 99.7 Å². The number of thiophene rings is 1. The van der Waals surface area contributed by atoms with E-state index in [4.69, 9.17) is 18.9 Å². The number of ether oxygens (including phenoxy) is 4. The molecule has 31 heavy (non-hydrogen) atoms. The third-order valence-electron chi connectivity index (χ3n) is 4.57. The van der Waals surface area contributed by atoms with Crippen LogP contribution in [0.15, 0.2) is 16.9 Å². The van der Waals surface area contributed by atoms with Gasteiger partial charge in [-0.2, -0.15) is 0 Å². The molecule has 0 atom stereocenters. The average molecular weight is 447 g/mol. The van der Waals surface area contributed by atoms with E-state index in [9.17, 15) is 9.59 Å². The monoisotopic (exact) mass is 446 g/mol. The molecule has 0 aliphatic heterocycles. The van der Waals surface area contributed by atoms with Gasteiger partial charge in [-0.1, -0.05) is 0 Å². The Balaban J connectivity index is 1.86. The first-order chi connectivity index (χ1) is 14.9. The maximum Gasteiger partial charge on any atom is 0.338 e. The van der Waals surface area contributed by atoms with Crippen LogP contribution in [0.25, 0.3) is 10.2 Å². The summed E-state index contributed by atoms with van der Waals surface area (Å²) in [6.45, 7) is 10.4. The van der Waals surface area contributed by atoms with Crippen molar-refractivity contribution in [2.24, 2.45) is 0 Å². The van der Waals surface area contributed by atoms with Crippen LogP contribution >= 0.6 is 11.3 Å². The molecule has 0 aliphatic carbocycles. The van der Waals surface area contributed by atoms with Crippen LogP contribution in [0.4, 0.5) is 0 Å². The predicted octanol–water partition coefficient (Wildman–Crippen LogP) is 4.15. The Kier molecular flexibility index (Phi) is 7.17. The number of fused-ring (bicyclic) bond motifs is 1. The van der Waals surface area contributed by atoms with Crippen molar-refractivity contribution in [2.45, 2.75) is 41.2 Å². The zero-order valence-corrected chi connectivity index (χ0v) is 19.1. The average Bonchev–Trinajstić information content (AvgIpc) is 3.02. The van der Waals surface area contributed by atoms with E-state index in [0.29, 0.717) is 47.3 Å². The van der Waals surface area contributed by atoms with Gasteiger partial charge in [-0.3, -0.25) is 4.79 Å². The van der Waals surface area contributed by atoms with Gasteiger partial charge in [0, 0.05) is 4.88 Å². The number of H-pyrrole nitrogens is 1. The molecule has 8 nitrogen and oxygen atoms in total. The lowest BCUT2D eigenvalue weighted by molar-refractivity contribution is 0.0461. The number of nitrogens with one attached hydrogen (secondary N) is 1. The largest absolute Gasteiger partial charge is 0.490 e. The van der Waals surface area contributed by atoms with Crippen molar-refractivity contribution in [2.75, 3.05) is 19.8 Å². The SMILES string of the molecule is CCOc1cc(C(=O)OCc2nc3sc(C)c(C)c3c(=O)[nH]2)cc(OCC)c1OCC. The highest BCUT2D eigenvalue weighted by Gasteiger charge is 2.20. The van der Waals surface area contributed by atoms with Crippen LogP contribution in [0.1, 0.15) is 47.4 Å². The van der Waals surface area contributed by atoms with Crippen molar-refractivity contribution in [3.63, 3.8) is 0 Å². The smallest absolute Gasteiger partial charge is 0.338 e. The van der Waals surface area contributed by atoms with E-state index in [2.05, 4.69) is 9.97 Å². The van der Waals surface area contributed by atoms with E-state index in [1.807, 2.05) is 34.6 Å². The van der Waals surface area contributed by atoms with Crippen molar-refractivity contribution < 1.29 is 23.7 Å². The summed E-state index contributed by atoms with van der Waals surface area (Å²) in [5, 5.41) is 0.576. The highest BCUT2D eigenvalue weighted by Crippen LogP contribution is 2.39. The number of nitrogens with zero attached hydrogens (tertiary/aromatic N) is 1. The Labute approximate surface area is 184 Å². The van der Waals surface area contributed by atoms with Crippen LogP contribution in [0.2, 0.25) is 0 Å². The molecule has 166 valence electrons. The normalized spacial score (nSPS) is 10.9. The first-order valence-electron chi connectivity index (χ1n) is 10.1. The number of rotatable bonds is 9. The molecule has 0 spiro atoms. The summed E-state index contributed by atoms with van der Waals surface area (Å²) >= 11 is 1.44. The Hall–Kier alpha value is -3.07. The molecule has 2 heterocycles. The molecule has 0 fully saturated rings. The van der Waals surface area contributed by atoms with Crippen molar-refractivity contribution >= 4 is 27.5 Å². The first kappa shape index (κ1) is 22.6. The third kappa shape index (κ3) is 4.82. The molecule has 0 aliphatic rings. The quantitative estimate of drug-likeness (QED) is 0.493.